The van der Waals surface area contributed by atoms with Crippen LogP contribution in [0.25, 0.3) is 0 Å². The van der Waals surface area contributed by atoms with Crippen LogP contribution in [0.3, 0.4) is 0 Å². The van der Waals surface area contributed by atoms with Crippen LogP contribution in [0.2, 0.25) is 5.02 Å². The van der Waals surface area contributed by atoms with Crippen LogP contribution in [0.4, 0.5) is 0 Å². The number of carboxylic acids is 1. The third-order valence-electron chi connectivity index (χ3n) is 7.92. The van der Waals surface area contributed by atoms with E-state index in [-0.39, 0.29) is 5.92 Å². The third-order valence-corrected chi connectivity index (χ3v) is 8.27. The van der Waals surface area contributed by atoms with Crippen molar-refractivity contribution in [1.29, 1.82) is 0 Å². The van der Waals surface area contributed by atoms with Crippen molar-refractivity contribution in [3.63, 3.8) is 0 Å². The van der Waals surface area contributed by atoms with Gasteiger partial charge in [0.05, 0.1) is 5.92 Å². The summed E-state index contributed by atoms with van der Waals surface area (Å²) >= 11 is 6.49. The van der Waals surface area contributed by atoms with Crippen LogP contribution in [0.15, 0.2) is 36.4 Å². The first kappa shape index (κ1) is 19.6. The maximum absolute atomic E-state index is 11.1. The number of ether oxygens (including phenoxy) is 1. The number of carbonyl (C=O) groups is 1. The Hall–Kier alpha value is -2.04. The van der Waals surface area contributed by atoms with E-state index >= 15 is 0 Å². The van der Waals surface area contributed by atoms with Gasteiger partial charge in [-0.15, -0.1) is 0 Å². The average molecular weight is 438 g/mol. The molecule has 0 aromatic heterocycles. The SMILES string of the molecule is O=C(O)C1CC(N2CC3(Cc4ccc(OCc5c(Cl)cccc5C5CC5)cc4C3)C2)C1. The van der Waals surface area contributed by atoms with Crippen LogP contribution in [-0.2, 0) is 24.2 Å². The van der Waals surface area contributed by atoms with Crippen LogP contribution < -0.4 is 4.74 Å². The fourth-order valence-corrected chi connectivity index (χ4v) is 6.18. The van der Waals surface area contributed by atoms with E-state index in [0.717, 1.165) is 55.1 Å². The molecule has 6 rings (SSSR count). The zero-order valence-corrected chi connectivity index (χ0v) is 18.4. The Labute approximate surface area is 188 Å². The van der Waals surface area contributed by atoms with Gasteiger partial charge in [0.2, 0.25) is 0 Å². The number of hydrogen-bond donors (Lipinski definition) is 1. The van der Waals surface area contributed by atoms with Gasteiger partial charge in [-0.1, -0.05) is 29.8 Å². The van der Waals surface area contributed by atoms with Gasteiger partial charge in [-0.05, 0) is 79.3 Å². The molecular weight excluding hydrogens is 410 g/mol. The summed E-state index contributed by atoms with van der Waals surface area (Å²) in [5.74, 6) is 0.825. The Bertz CT molecular complexity index is 1030. The van der Waals surface area contributed by atoms with Gasteiger partial charge >= 0.3 is 5.97 Å². The van der Waals surface area contributed by atoms with Crippen molar-refractivity contribution in [2.45, 2.75) is 57.1 Å². The summed E-state index contributed by atoms with van der Waals surface area (Å²) in [6.45, 7) is 2.72. The van der Waals surface area contributed by atoms with E-state index in [1.54, 1.807) is 0 Å². The van der Waals surface area contributed by atoms with E-state index in [1.807, 2.05) is 12.1 Å². The maximum atomic E-state index is 11.1. The largest absolute Gasteiger partial charge is 0.489 e. The summed E-state index contributed by atoms with van der Waals surface area (Å²) in [6.07, 6.45) is 6.38. The maximum Gasteiger partial charge on any atom is 0.306 e. The predicted molar refractivity (Wildman–Crippen MR) is 120 cm³/mol. The molecule has 1 aliphatic heterocycles. The molecule has 0 atom stereocenters. The smallest absolute Gasteiger partial charge is 0.306 e. The highest BCUT2D eigenvalue weighted by Crippen LogP contribution is 2.48. The summed E-state index contributed by atoms with van der Waals surface area (Å²) in [7, 11) is 0. The van der Waals surface area contributed by atoms with Crippen molar-refractivity contribution in [3.8, 4) is 5.75 Å². The van der Waals surface area contributed by atoms with Crippen LogP contribution >= 0.6 is 11.6 Å². The summed E-state index contributed by atoms with van der Waals surface area (Å²) in [5, 5.41) is 9.92. The van der Waals surface area contributed by atoms with E-state index in [0.29, 0.717) is 24.0 Å². The van der Waals surface area contributed by atoms with E-state index in [2.05, 4.69) is 29.2 Å². The van der Waals surface area contributed by atoms with Crippen LogP contribution in [0.5, 0.6) is 5.75 Å². The minimum atomic E-state index is -0.631. The first-order valence-electron chi connectivity index (χ1n) is 11.5. The molecule has 31 heavy (non-hydrogen) atoms. The molecule has 4 aliphatic rings. The summed E-state index contributed by atoms with van der Waals surface area (Å²) < 4.78 is 6.21. The molecule has 0 bridgehead atoms. The number of benzene rings is 2. The van der Waals surface area contributed by atoms with Gasteiger partial charge in [0.25, 0.3) is 0 Å². The zero-order chi connectivity index (χ0) is 21.2. The number of fused-ring (bicyclic) bond motifs is 1. The number of rotatable bonds is 6. The van der Waals surface area contributed by atoms with Crippen molar-refractivity contribution in [2.24, 2.45) is 11.3 Å². The van der Waals surface area contributed by atoms with Crippen molar-refractivity contribution >= 4 is 17.6 Å². The van der Waals surface area contributed by atoms with Gasteiger partial charge in [0.1, 0.15) is 12.4 Å². The Morgan fingerprint density at radius 1 is 1.13 bits per heavy atom. The lowest BCUT2D eigenvalue weighted by Gasteiger charge is -2.55. The quantitative estimate of drug-likeness (QED) is 0.686. The lowest BCUT2D eigenvalue weighted by Crippen LogP contribution is -2.63. The molecule has 1 N–H and O–H groups in total. The molecule has 5 heteroatoms. The molecule has 3 aliphatic carbocycles. The third kappa shape index (κ3) is 3.54. The van der Waals surface area contributed by atoms with Gasteiger partial charge < -0.3 is 9.84 Å². The molecule has 2 saturated carbocycles. The highest BCUT2D eigenvalue weighted by atomic mass is 35.5. The van der Waals surface area contributed by atoms with Crippen molar-refractivity contribution in [2.75, 3.05) is 13.1 Å². The molecule has 0 amide bonds. The Morgan fingerprint density at radius 3 is 2.65 bits per heavy atom. The van der Waals surface area contributed by atoms with Crippen LogP contribution in [0, 0.1) is 11.3 Å². The molecule has 0 unspecified atom stereocenters. The number of likely N-dealkylation sites (tertiary alicyclic amines) is 1. The minimum absolute atomic E-state index is 0.124. The van der Waals surface area contributed by atoms with Gasteiger partial charge in [-0.2, -0.15) is 0 Å². The monoisotopic (exact) mass is 437 g/mol. The fourth-order valence-electron chi connectivity index (χ4n) is 5.94. The van der Waals surface area contributed by atoms with Crippen molar-refractivity contribution in [1.82, 2.24) is 4.90 Å². The Balaban J connectivity index is 1.08. The van der Waals surface area contributed by atoms with E-state index in [1.165, 1.54) is 29.5 Å². The van der Waals surface area contributed by atoms with Crippen molar-refractivity contribution in [3.05, 3.63) is 63.7 Å². The lowest BCUT2D eigenvalue weighted by atomic mass is 9.71. The molecular formula is C26H28ClNO3. The first-order chi connectivity index (χ1) is 15.0. The standard InChI is InChI=1S/C26H28ClNO3/c27-24-3-1-2-22(16-4-5-16)23(24)13-31-21-7-6-17-11-26(12-19(17)10-21)14-28(15-26)20-8-18(9-20)25(29)30/h1-3,6-7,10,16,18,20H,4-5,8-9,11-15H2,(H,29,30). The van der Waals surface area contributed by atoms with E-state index in [4.69, 9.17) is 21.4 Å². The van der Waals surface area contributed by atoms with Crippen LogP contribution in [0.1, 0.15) is 53.9 Å². The molecule has 1 spiro atoms. The summed E-state index contributed by atoms with van der Waals surface area (Å²) in [4.78, 5) is 13.6. The summed E-state index contributed by atoms with van der Waals surface area (Å²) in [6, 6.07) is 13.2. The van der Waals surface area contributed by atoms with E-state index in [9.17, 15) is 4.79 Å². The second-order valence-electron chi connectivity index (χ2n) is 10.2. The molecule has 2 aromatic rings. The number of aliphatic carboxylic acids is 1. The molecule has 2 aromatic carbocycles. The van der Waals surface area contributed by atoms with Gasteiger partial charge in [-0.3, -0.25) is 9.69 Å². The number of carboxylic acid groups (broad SMARTS) is 1. The van der Waals surface area contributed by atoms with Gasteiger partial charge in [0, 0.05) is 35.1 Å². The second kappa shape index (κ2) is 7.25. The molecule has 1 heterocycles. The minimum Gasteiger partial charge on any atom is -0.489 e. The van der Waals surface area contributed by atoms with Gasteiger partial charge in [0.15, 0.2) is 0 Å². The Morgan fingerprint density at radius 2 is 1.90 bits per heavy atom. The fraction of sp³-hybridized carbons (Fsp3) is 0.500. The topological polar surface area (TPSA) is 49.8 Å². The molecule has 3 fully saturated rings. The normalized spacial score (nSPS) is 26.2. The summed E-state index contributed by atoms with van der Waals surface area (Å²) in [5.41, 5.74) is 5.69. The molecule has 1 saturated heterocycles. The van der Waals surface area contributed by atoms with Crippen LogP contribution in [-0.4, -0.2) is 35.1 Å². The number of nitrogens with zero attached hydrogens (tertiary/aromatic N) is 1. The zero-order valence-electron chi connectivity index (χ0n) is 17.6. The average Bonchev–Trinajstić information content (AvgIpc) is 3.44. The lowest BCUT2D eigenvalue weighted by molar-refractivity contribution is -0.150. The number of hydrogen-bond acceptors (Lipinski definition) is 3. The first-order valence-corrected chi connectivity index (χ1v) is 11.9. The molecule has 0 radical (unpaired) electrons. The molecule has 4 nitrogen and oxygen atoms in total. The van der Waals surface area contributed by atoms with Crippen molar-refractivity contribution < 1.29 is 14.6 Å². The van der Waals surface area contributed by atoms with Gasteiger partial charge in [-0.25, -0.2) is 0 Å². The highest BCUT2D eigenvalue weighted by Gasteiger charge is 2.51. The van der Waals surface area contributed by atoms with E-state index < -0.39 is 5.97 Å². The predicted octanol–water partition coefficient (Wildman–Crippen LogP) is 5.06. The molecule has 162 valence electrons. The number of halogens is 1. The second-order valence-corrected chi connectivity index (χ2v) is 10.6. The Kier molecular flexibility index (Phi) is 4.59. The highest BCUT2D eigenvalue weighted by molar-refractivity contribution is 6.31.